The van der Waals surface area contributed by atoms with Gasteiger partial charge in [0.1, 0.15) is 5.76 Å². The van der Waals surface area contributed by atoms with E-state index in [0.717, 1.165) is 0 Å². The normalized spacial score (nSPS) is 10.4. The molecule has 0 spiro atoms. The monoisotopic (exact) mass is 301 g/mol. The summed E-state index contributed by atoms with van der Waals surface area (Å²) < 4.78 is 5.00. The maximum absolute atomic E-state index is 11.7. The third kappa shape index (κ3) is 4.04. The molecule has 0 aliphatic carbocycles. The Kier molecular flexibility index (Phi) is 4.66. The first-order valence-electron chi connectivity index (χ1n) is 6.12. The van der Waals surface area contributed by atoms with Crippen molar-refractivity contribution in [1.29, 1.82) is 0 Å². The molecule has 8 heteroatoms. The summed E-state index contributed by atoms with van der Waals surface area (Å²) in [5.41, 5.74) is 4.43. The average Bonchev–Trinajstić information content (AvgIpc) is 3.04. The highest BCUT2D eigenvalue weighted by molar-refractivity contribution is 5.97. The summed E-state index contributed by atoms with van der Waals surface area (Å²) in [7, 11) is 0. The van der Waals surface area contributed by atoms with Crippen molar-refractivity contribution in [3.8, 4) is 0 Å². The molecular formula is C14H11N3O5. The first kappa shape index (κ1) is 15.0. The van der Waals surface area contributed by atoms with Crippen molar-refractivity contribution in [1.82, 2.24) is 10.9 Å². The van der Waals surface area contributed by atoms with Crippen molar-refractivity contribution in [3.63, 3.8) is 0 Å². The van der Waals surface area contributed by atoms with Crippen LogP contribution in [0.1, 0.15) is 16.1 Å². The molecule has 1 aromatic carbocycles. The number of hydrazine groups is 1. The van der Waals surface area contributed by atoms with Gasteiger partial charge >= 0.3 is 0 Å². The third-order valence-electron chi connectivity index (χ3n) is 2.58. The van der Waals surface area contributed by atoms with Gasteiger partial charge in [-0.05, 0) is 30.3 Å². The van der Waals surface area contributed by atoms with E-state index >= 15 is 0 Å². The second-order valence-corrected chi connectivity index (χ2v) is 4.10. The molecule has 22 heavy (non-hydrogen) atoms. The van der Waals surface area contributed by atoms with Crippen LogP contribution in [0, 0.1) is 10.1 Å². The van der Waals surface area contributed by atoms with Gasteiger partial charge in [0.25, 0.3) is 17.5 Å². The molecule has 2 aromatic rings. The highest BCUT2D eigenvalue weighted by Crippen LogP contribution is 2.11. The van der Waals surface area contributed by atoms with Crippen LogP contribution in [-0.4, -0.2) is 16.7 Å². The van der Waals surface area contributed by atoms with E-state index < -0.39 is 16.7 Å². The number of nitrogens with one attached hydrogen (secondary N) is 2. The predicted molar refractivity (Wildman–Crippen MR) is 76.4 cm³/mol. The molecule has 0 fully saturated rings. The zero-order valence-electron chi connectivity index (χ0n) is 11.2. The van der Waals surface area contributed by atoms with Crippen LogP contribution in [0.2, 0.25) is 0 Å². The maximum Gasteiger partial charge on any atom is 0.269 e. The minimum Gasteiger partial charge on any atom is -0.465 e. The quantitative estimate of drug-likeness (QED) is 0.506. The van der Waals surface area contributed by atoms with Gasteiger partial charge in [0.05, 0.1) is 11.2 Å². The lowest BCUT2D eigenvalue weighted by Gasteiger charge is -2.04. The molecule has 0 saturated heterocycles. The van der Waals surface area contributed by atoms with E-state index in [1.807, 2.05) is 0 Å². The number of carbonyl (C=O) groups is 2. The van der Waals surface area contributed by atoms with Gasteiger partial charge in [0.2, 0.25) is 0 Å². The second-order valence-electron chi connectivity index (χ2n) is 4.10. The third-order valence-corrected chi connectivity index (χ3v) is 2.58. The van der Waals surface area contributed by atoms with Crippen molar-refractivity contribution in [2.24, 2.45) is 0 Å². The van der Waals surface area contributed by atoms with Gasteiger partial charge in [-0.3, -0.25) is 30.6 Å². The van der Waals surface area contributed by atoms with E-state index in [-0.39, 0.29) is 11.3 Å². The molecule has 0 unspecified atom stereocenters. The summed E-state index contributed by atoms with van der Waals surface area (Å²) in [5, 5.41) is 10.5. The fraction of sp³-hybridized carbons (Fsp3) is 0. The van der Waals surface area contributed by atoms with Crippen LogP contribution in [0.3, 0.4) is 0 Å². The Bertz CT molecular complexity index is 705. The number of rotatable bonds is 4. The Balaban J connectivity index is 1.86. The topological polar surface area (TPSA) is 114 Å². The fourth-order valence-electron chi connectivity index (χ4n) is 1.51. The standard InChI is InChI=1S/C14H11N3O5/c18-13(8-7-12-2-1-9-22-12)15-16-14(19)10-3-5-11(6-4-10)17(20)21/h1-9H,(H,15,18)(H,16,19)/b8-7-. The van der Waals surface area contributed by atoms with E-state index in [9.17, 15) is 19.7 Å². The number of nitro groups is 1. The van der Waals surface area contributed by atoms with Gasteiger partial charge in [0, 0.05) is 23.8 Å². The Labute approximate surface area is 124 Å². The van der Waals surface area contributed by atoms with E-state index in [1.165, 1.54) is 42.7 Å². The largest absolute Gasteiger partial charge is 0.465 e. The summed E-state index contributed by atoms with van der Waals surface area (Å²) in [6.45, 7) is 0. The van der Waals surface area contributed by atoms with Crippen molar-refractivity contribution >= 4 is 23.6 Å². The molecule has 0 radical (unpaired) electrons. The molecule has 2 rings (SSSR count). The van der Waals surface area contributed by atoms with Crippen LogP contribution in [0.15, 0.2) is 53.2 Å². The summed E-state index contributed by atoms with van der Waals surface area (Å²) in [4.78, 5) is 33.1. The van der Waals surface area contributed by atoms with Gasteiger partial charge in [-0.2, -0.15) is 0 Å². The fourth-order valence-corrected chi connectivity index (χ4v) is 1.51. The van der Waals surface area contributed by atoms with E-state index in [1.54, 1.807) is 12.1 Å². The highest BCUT2D eigenvalue weighted by Gasteiger charge is 2.09. The highest BCUT2D eigenvalue weighted by atomic mass is 16.6. The second kappa shape index (κ2) is 6.84. The number of amides is 2. The van der Waals surface area contributed by atoms with Crippen molar-refractivity contribution in [2.45, 2.75) is 0 Å². The number of hydrogen-bond acceptors (Lipinski definition) is 5. The van der Waals surface area contributed by atoms with E-state index in [0.29, 0.717) is 5.76 Å². The Morgan fingerprint density at radius 1 is 1.14 bits per heavy atom. The maximum atomic E-state index is 11.7. The predicted octanol–water partition coefficient (Wildman–Crippen LogP) is 1.66. The molecule has 0 aliphatic rings. The zero-order valence-corrected chi connectivity index (χ0v) is 11.2. The van der Waals surface area contributed by atoms with Gasteiger partial charge in [0.15, 0.2) is 0 Å². The summed E-state index contributed by atoms with van der Waals surface area (Å²) in [6, 6.07) is 8.32. The number of furan rings is 1. The average molecular weight is 301 g/mol. The Hall–Kier alpha value is -3.42. The molecule has 0 atom stereocenters. The van der Waals surface area contributed by atoms with Crippen LogP contribution in [0.25, 0.3) is 6.08 Å². The Morgan fingerprint density at radius 3 is 2.45 bits per heavy atom. The molecule has 1 heterocycles. The first-order valence-corrected chi connectivity index (χ1v) is 6.12. The molecule has 0 saturated carbocycles. The van der Waals surface area contributed by atoms with E-state index in [2.05, 4.69) is 10.9 Å². The van der Waals surface area contributed by atoms with Crippen LogP contribution in [-0.2, 0) is 4.79 Å². The molecular weight excluding hydrogens is 290 g/mol. The first-order chi connectivity index (χ1) is 10.6. The van der Waals surface area contributed by atoms with Crippen LogP contribution >= 0.6 is 0 Å². The summed E-state index contributed by atoms with van der Waals surface area (Å²) in [6.07, 6.45) is 4.09. The Morgan fingerprint density at radius 2 is 1.86 bits per heavy atom. The summed E-state index contributed by atoms with van der Waals surface area (Å²) >= 11 is 0. The number of nitrogens with zero attached hydrogens (tertiary/aromatic N) is 1. The molecule has 2 amide bonds. The van der Waals surface area contributed by atoms with Gasteiger partial charge < -0.3 is 4.42 Å². The number of benzene rings is 1. The SMILES string of the molecule is O=C(/C=C\c1ccco1)NNC(=O)c1ccc([N+](=O)[O-])cc1. The lowest BCUT2D eigenvalue weighted by molar-refractivity contribution is -0.384. The molecule has 112 valence electrons. The molecule has 0 bridgehead atoms. The lowest BCUT2D eigenvalue weighted by atomic mass is 10.2. The lowest BCUT2D eigenvalue weighted by Crippen LogP contribution is -2.40. The number of hydrogen-bond donors (Lipinski definition) is 2. The van der Waals surface area contributed by atoms with Crippen LogP contribution in [0.5, 0.6) is 0 Å². The summed E-state index contributed by atoms with van der Waals surface area (Å²) in [5.74, 6) is -0.641. The number of nitro benzene ring substituents is 1. The minimum absolute atomic E-state index is 0.123. The molecule has 1 aromatic heterocycles. The molecule has 2 N–H and O–H groups in total. The van der Waals surface area contributed by atoms with Gasteiger partial charge in [-0.15, -0.1) is 0 Å². The van der Waals surface area contributed by atoms with Crippen molar-refractivity contribution in [2.75, 3.05) is 0 Å². The van der Waals surface area contributed by atoms with Gasteiger partial charge in [-0.25, -0.2) is 0 Å². The van der Waals surface area contributed by atoms with Crippen LogP contribution < -0.4 is 10.9 Å². The number of carbonyl (C=O) groups excluding carboxylic acids is 2. The molecule has 0 aliphatic heterocycles. The smallest absolute Gasteiger partial charge is 0.269 e. The molecule has 8 nitrogen and oxygen atoms in total. The number of non-ortho nitro benzene ring substituents is 1. The van der Waals surface area contributed by atoms with Gasteiger partial charge in [-0.1, -0.05) is 0 Å². The van der Waals surface area contributed by atoms with Crippen molar-refractivity contribution in [3.05, 3.63) is 70.2 Å². The minimum atomic E-state index is -0.588. The zero-order chi connectivity index (χ0) is 15.9. The van der Waals surface area contributed by atoms with Crippen LogP contribution in [0.4, 0.5) is 5.69 Å². The van der Waals surface area contributed by atoms with Crippen molar-refractivity contribution < 1.29 is 18.9 Å². The van der Waals surface area contributed by atoms with E-state index in [4.69, 9.17) is 4.42 Å².